The molecule has 0 N–H and O–H groups in total. The minimum atomic E-state index is 0. The molecule has 0 aliphatic heterocycles. The Morgan fingerprint density at radius 3 is 2.33 bits per heavy atom. The number of aromatic nitrogens is 1. The van der Waals surface area contributed by atoms with Crippen molar-refractivity contribution in [1.29, 1.82) is 0 Å². The maximum absolute atomic E-state index is 4.34. The topological polar surface area (TPSA) is 25.2 Å². The summed E-state index contributed by atoms with van der Waals surface area (Å²) < 4.78 is 0.796. The van der Waals surface area contributed by atoms with Crippen LogP contribution in [0.15, 0.2) is 59.7 Å². The van der Waals surface area contributed by atoms with E-state index in [1.54, 1.807) is 6.20 Å². The molecule has 0 saturated heterocycles. The molecule has 0 bridgehead atoms. The van der Waals surface area contributed by atoms with Crippen LogP contribution in [0.5, 0.6) is 0 Å². The third-order valence-corrected chi connectivity index (χ3v) is 2.67. The van der Waals surface area contributed by atoms with E-state index in [0.717, 1.165) is 15.9 Å². The molecular weight excluding hydrogens is 277 g/mol. The van der Waals surface area contributed by atoms with E-state index in [4.69, 9.17) is 0 Å². The second-order valence-corrected chi connectivity index (χ2v) is 4.00. The molecule has 1 aromatic heterocycles. The monoisotopic (exact) mass is 288 g/mol. The minimum absolute atomic E-state index is 0. The van der Waals surface area contributed by atoms with Crippen molar-refractivity contribution in [2.24, 2.45) is 4.99 Å². The van der Waals surface area contributed by atoms with Crippen LogP contribution in [0.2, 0.25) is 0 Å². The summed E-state index contributed by atoms with van der Waals surface area (Å²) in [6, 6.07) is 15.7. The summed E-state index contributed by atoms with van der Waals surface area (Å²) in [6.45, 7) is 1.82. The van der Waals surface area contributed by atoms with Crippen molar-refractivity contribution >= 4 is 39.5 Å². The number of hydrogen-bond donors (Lipinski definition) is 0. The first kappa shape index (κ1) is 17.8. The van der Waals surface area contributed by atoms with Gasteiger partial charge >= 0.3 is 122 Å². The van der Waals surface area contributed by atoms with Crippen molar-refractivity contribution in [3.05, 3.63) is 72.5 Å². The summed E-state index contributed by atoms with van der Waals surface area (Å²) in [5.74, 6) is 0. The zero-order valence-corrected chi connectivity index (χ0v) is 12.3. The maximum atomic E-state index is 4.34. The zero-order valence-electron chi connectivity index (χ0n) is 10.6. The first-order valence-corrected chi connectivity index (χ1v) is 5.76. The zero-order chi connectivity index (χ0) is 11.2. The van der Waals surface area contributed by atoms with Crippen molar-refractivity contribution in [2.75, 3.05) is 0 Å². The van der Waals surface area contributed by atoms with Gasteiger partial charge in [-0.2, -0.15) is 0 Å². The fourth-order valence-corrected chi connectivity index (χ4v) is 1.59. The second kappa shape index (κ2) is 9.65. The summed E-state index contributed by atoms with van der Waals surface area (Å²) >= 11 is 2.92. The van der Waals surface area contributed by atoms with Crippen molar-refractivity contribution in [2.45, 2.75) is 0 Å². The van der Waals surface area contributed by atoms with Crippen molar-refractivity contribution in [3.63, 3.8) is 0 Å². The Hall–Kier alpha value is -0.246. The van der Waals surface area contributed by atoms with E-state index in [2.05, 4.69) is 26.0 Å². The van der Waals surface area contributed by atoms with Gasteiger partial charge in [-0.3, -0.25) is 0 Å². The summed E-state index contributed by atoms with van der Waals surface area (Å²) in [7, 11) is 0. The van der Waals surface area contributed by atoms with Gasteiger partial charge in [-0.25, -0.2) is 0 Å². The predicted molar refractivity (Wildman–Crippen MR) is 72.1 cm³/mol. The van der Waals surface area contributed by atoms with Crippen LogP contribution in [-0.2, 0) is 0 Å². The molecule has 80 valence electrons. The molecule has 0 amide bonds. The van der Waals surface area contributed by atoms with Gasteiger partial charge in [-0.05, 0) is 0 Å². The summed E-state index contributed by atoms with van der Waals surface area (Å²) in [5.41, 5.74) is 1.93. The fraction of sp³-hybridized carbons (Fsp3) is 0. The third kappa shape index (κ3) is 5.60. The van der Waals surface area contributed by atoms with Crippen LogP contribution in [0.3, 0.4) is 0 Å². The molecule has 5 heteroatoms. The normalized spacial score (nSPS) is 10.1. The number of hydrogen-bond acceptors (Lipinski definition) is 2. The second-order valence-electron chi connectivity index (χ2n) is 3.19. The SMILES string of the molecule is [Li+].[Li].[Se-]C(=N[CH]c1ccccc1)c1ccccn1. The number of aliphatic imine (C=N–C) groups is 1. The average Bonchev–Trinajstić information content (AvgIpc) is 2.38. The Kier molecular flexibility index (Phi) is 9.52. The van der Waals surface area contributed by atoms with E-state index in [1.807, 2.05) is 55.1 Å². The van der Waals surface area contributed by atoms with Crippen LogP contribution >= 0.6 is 0 Å². The van der Waals surface area contributed by atoms with Gasteiger partial charge < -0.3 is 0 Å². The molecule has 1 heterocycles. The van der Waals surface area contributed by atoms with Crippen LogP contribution in [0, 0.1) is 6.54 Å². The van der Waals surface area contributed by atoms with Crippen molar-refractivity contribution < 1.29 is 18.9 Å². The Morgan fingerprint density at radius 2 is 1.72 bits per heavy atom. The summed E-state index contributed by atoms with van der Waals surface area (Å²) in [5, 5.41) is 0. The van der Waals surface area contributed by atoms with Crippen molar-refractivity contribution in [3.8, 4) is 0 Å². The van der Waals surface area contributed by atoms with E-state index in [1.165, 1.54) is 0 Å². The standard InChI is InChI=1S/C13H11N2Se.2Li/c16-13(12-8-4-5-9-14-12)15-10-11-6-2-1-3-7-11;;/h1-10H,(H,15,16);;/q;;+1/p-1. The van der Waals surface area contributed by atoms with Crippen LogP contribution in [-0.4, -0.2) is 44.5 Å². The molecule has 0 atom stereocenters. The molecule has 0 spiro atoms. The molecule has 1 aromatic carbocycles. The molecular formula is C13H10Li2N2Se. The third-order valence-electron chi connectivity index (χ3n) is 2.01. The summed E-state index contributed by atoms with van der Waals surface area (Å²) in [6.07, 6.45) is 1.75. The quantitative estimate of drug-likeness (QED) is 0.516. The Labute approximate surface area is 140 Å². The fourth-order valence-electron chi connectivity index (χ4n) is 1.23. The van der Waals surface area contributed by atoms with Gasteiger partial charge in [0.2, 0.25) is 0 Å². The molecule has 0 unspecified atom stereocenters. The van der Waals surface area contributed by atoms with Gasteiger partial charge in [0, 0.05) is 18.9 Å². The Balaban J connectivity index is 0.00000144. The number of pyridine rings is 1. The van der Waals surface area contributed by atoms with Crippen molar-refractivity contribution in [1.82, 2.24) is 4.98 Å². The predicted octanol–water partition coefficient (Wildman–Crippen LogP) is -1.17. The molecule has 0 saturated carbocycles. The molecule has 2 radical (unpaired) electrons. The van der Waals surface area contributed by atoms with E-state index < -0.39 is 0 Å². The van der Waals surface area contributed by atoms with Crippen LogP contribution in [0.4, 0.5) is 0 Å². The average molecular weight is 287 g/mol. The number of rotatable bonds is 3. The Morgan fingerprint density at radius 1 is 1.06 bits per heavy atom. The van der Waals surface area contributed by atoms with E-state index >= 15 is 0 Å². The Bertz CT molecular complexity index is 475. The van der Waals surface area contributed by atoms with Gasteiger partial charge in [-0.15, -0.1) is 0 Å². The molecule has 0 fully saturated rings. The molecule has 0 aliphatic carbocycles. The number of benzene rings is 1. The van der Waals surface area contributed by atoms with E-state index in [9.17, 15) is 0 Å². The van der Waals surface area contributed by atoms with Gasteiger partial charge in [0.25, 0.3) is 0 Å². The first-order valence-electron chi connectivity index (χ1n) is 4.91. The van der Waals surface area contributed by atoms with Crippen LogP contribution in [0.25, 0.3) is 0 Å². The van der Waals surface area contributed by atoms with Gasteiger partial charge in [0.05, 0.1) is 0 Å². The van der Waals surface area contributed by atoms with Gasteiger partial charge in [-0.1, -0.05) is 0 Å². The molecule has 2 nitrogen and oxygen atoms in total. The first-order chi connectivity index (χ1) is 7.86. The van der Waals surface area contributed by atoms with Crippen LogP contribution < -0.4 is 18.9 Å². The summed E-state index contributed by atoms with van der Waals surface area (Å²) in [4.78, 5) is 8.55. The van der Waals surface area contributed by atoms with E-state index in [-0.39, 0.29) is 37.7 Å². The molecule has 2 aromatic rings. The number of nitrogens with zero attached hydrogens (tertiary/aromatic N) is 2. The van der Waals surface area contributed by atoms with Gasteiger partial charge in [0.15, 0.2) is 0 Å². The van der Waals surface area contributed by atoms with E-state index in [0.29, 0.717) is 0 Å². The van der Waals surface area contributed by atoms with Gasteiger partial charge in [0.1, 0.15) is 0 Å². The molecule has 0 aliphatic rings. The van der Waals surface area contributed by atoms with Crippen LogP contribution in [0.1, 0.15) is 11.3 Å². The molecule has 2 rings (SSSR count). The molecule has 18 heavy (non-hydrogen) atoms.